The zero-order valence-electron chi connectivity index (χ0n) is 9.34. The Bertz CT molecular complexity index is 323. The maximum Gasteiger partial charge on any atom is 0.311 e. The molecule has 88 valence electrons. The molecule has 0 spiro atoms. The molecule has 2 bridgehead atoms. The summed E-state index contributed by atoms with van der Waals surface area (Å²) in [6.45, 7) is 0.526. The minimum Gasteiger partial charge on any atom is -0.465 e. The highest BCUT2D eigenvalue weighted by atomic mass is 16.5. The first-order chi connectivity index (χ1) is 7.75. The molecule has 16 heavy (non-hydrogen) atoms. The Balaban J connectivity index is 1.70. The Kier molecular flexibility index (Phi) is 2.51. The van der Waals surface area contributed by atoms with Crippen molar-refractivity contribution in [2.45, 2.75) is 31.8 Å². The molecule has 0 radical (unpaired) electrons. The van der Waals surface area contributed by atoms with E-state index in [1.807, 2.05) is 0 Å². The fourth-order valence-corrected chi connectivity index (χ4v) is 3.53. The summed E-state index contributed by atoms with van der Waals surface area (Å²) in [5.41, 5.74) is 0. The number of aliphatic hydroxyl groups is 1. The Labute approximate surface area is 95.5 Å². The Morgan fingerprint density at radius 3 is 2.88 bits per heavy atom. The number of ether oxygens (including phenoxy) is 1. The lowest BCUT2D eigenvalue weighted by Gasteiger charge is -2.31. The van der Waals surface area contributed by atoms with Gasteiger partial charge in [0, 0.05) is 0 Å². The quantitative estimate of drug-likeness (QED) is 0.569. The number of hydrogen-bond donors (Lipinski definition) is 1. The Morgan fingerprint density at radius 1 is 1.38 bits per heavy atom. The summed E-state index contributed by atoms with van der Waals surface area (Å²) in [5.74, 6) is 0.960. The largest absolute Gasteiger partial charge is 0.465 e. The fourth-order valence-electron chi connectivity index (χ4n) is 3.53. The average molecular weight is 222 g/mol. The number of hydrogen-bond acceptors (Lipinski definition) is 3. The highest BCUT2D eigenvalue weighted by molar-refractivity contribution is 5.73. The van der Waals surface area contributed by atoms with E-state index < -0.39 is 6.10 Å². The molecule has 0 amide bonds. The van der Waals surface area contributed by atoms with Gasteiger partial charge in [-0.1, -0.05) is 12.2 Å². The van der Waals surface area contributed by atoms with Crippen LogP contribution in [0.2, 0.25) is 0 Å². The van der Waals surface area contributed by atoms with Gasteiger partial charge in [0.1, 0.15) is 0 Å². The van der Waals surface area contributed by atoms with Gasteiger partial charge in [-0.05, 0) is 43.4 Å². The Morgan fingerprint density at radius 2 is 2.25 bits per heavy atom. The molecule has 3 nitrogen and oxygen atoms in total. The third-order valence-electron chi connectivity index (χ3n) is 4.39. The summed E-state index contributed by atoms with van der Waals surface area (Å²) in [4.78, 5) is 11.6. The highest BCUT2D eigenvalue weighted by Gasteiger charge is 2.44. The van der Waals surface area contributed by atoms with Crippen molar-refractivity contribution in [3.05, 3.63) is 12.2 Å². The lowest BCUT2D eigenvalue weighted by atomic mass is 9.80. The van der Waals surface area contributed by atoms with E-state index >= 15 is 0 Å². The van der Waals surface area contributed by atoms with Gasteiger partial charge in [-0.3, -0.25) is 4.79 Å². The van der Waals surface area contributed by atoms with Crippen molar-refractivity contribution in [1.82, 2.24) is 0 Å². The average Bonchev–Trinajstić information content (AvgIpc) is 2.90. The van der Waals surface area contributed by atoms with Gasteiger partial charge in [0.15, 0.2) is 0 Å². The number of fused-ring (bicyclic) bond motifs is 2. The van der Waals surface area contributed by atoms with E-state index in [0.29, 0.717) is 18.4 Å². The van der Waals surface area contributed by atoms with Gasteiger partial charge in [-0.2, -0.15) is 0 Å². The van der Waals surface area contributed by atoms with Crippen LogP contribution < -0.4 is 0 Å². The molecule has 1 saturated heterocycles. The van der Waals surface area contributed by atoms with Crippen molar-refractivity contribution in [1.29, 1.82) is 0 Å². The third kappa shape index (κ3) is 1.58. The van der Waals surface area contributed by atoms with E-state index in [9.17, 15) is 9.90 Å². The zero-order valence-corrected chi connectivity index (χ0v) is 9.34. The van der Waals surface area contributed by atoms with Crippen molar-refractivity contribution in [3.8, 4) is 0 Å². The molecule has 2 fully saturated rings. The maximum atomic E-state index is 11.6. The molecule has 1 N–H and O–H groups in total. The third-order valence-corrected chi connectivity index (χ3v) is 4.39. The van der Waals surface area contributed by atoms with Crippen LogP contribution in [0.3, 0.4) is 0 Å². The van der Waals surface area contributed by atoms with Gasteiger partial charge in [0.25, 0.3) is 0 Å². The molecule has 1 aliphatic heterocycles. The molecule has 2 aliphatic carbocycles. The van der Waals surface area contributed by atoms with Crippen LogP contribution in [0.5, 0.6) is 0 Å². The van der Waals surface area contributed by atoms with Gasteiger partial charge >= 0.3 is 5.97 Å². The van der Waals surface area contributed by atoms with Gasteiger partial charge in [-0.25, -0.2) is 0 Å². The molecule has 3 rings (SSSR count). The van der Waals surface area contributed by atoms with Gasteiger partial charge in [0.2, 0.25) is 0 Å². The molecule has 5 atom stereocenters. The van der Waals surface area contributed by atoms with Crippen molar-refractivity contribution >= 4 is 5.97 Å². The van der Waals surface area contributed by atoms with Crippen LogP contribution in [0.1, 0.15) is 25.7 Å². The van der Waals surface area contributed by atoms with E-state index in [1.165, 1.54) is 6.42 Å². The minimum absolute atomic E-state index is 0.189. The molecule has 3 aliphatic rings. The predicted octanol–water partition coefficient (Wildman–Crippen LogP) is 1.51. The van der Waals surface area contributed by atoms with Crippen LogP contribution in [0, 0.1) is 23.7 Å². The summed E-state index contributed by atoms with van der Waals surface area (Å²) >= 11 is 0. The first kappa shape index (κ1) is 10.3. The lowest BCUT2D eigenvalue weighted by Crippen LogP contribution is -2.39. The number of aliphatic hydroxyl groups excluding tert-OH is 1. The molecular weight excluding hydrogens is 204 g/mol. The topological polar surface area (TPSA) is 46.5 Å². The normalized spacial score (nSPS) is 43.4. The van der Waals surface area contributed by atoms with Crippen LogP contribution in [-0.2, 0) is 9.53 Å². The second-order valence-electron chi connectivity index (χ2n) is 5.35. The number of rotatable bonds is 2. The molecule has 0 aromatic heterocycles. The van der Waals surface area contributed by atoms with Crippen LogP contribution in [0.25, 0.3) is 0 Å². The molecule has 1 saturated carbocycles. The van der Waals surface area contributed by atoms with Crippen molar-refractivity contribution in [2.75, 3.05) is 6.61 Å². The minimum atomic E-state index is -0.493. The molecular formula is C13H18O3. The fraction of sp³-hybridized carbons (Fsp3) is 0.769. The van der Waals surface area contributed by atoms with E-state index in [1.54, 1.807) is 0 Å². The number of allylic oxidation sites excluding steroid dienone is 2. The lowest BCUT2D eigenvalue weighted by molar-refractivity contribution is -0.159. The molecule has 0 aromatic rings. The van der Waals surface area contributed by atoms with E-state index in [0.717, 1.165) is 19.3 Å². The summed E-state index contributed by atoms with van der Waals surface area (Å²) in [6.07, 6.45) is 7.88. The van der Waals surface area contributed by atoms with E-state index in [-0.39, 0.29) is 17.8 Å². The van der Waals surface area contributed by atoms with Crippen LogP contribution in [0.15, 0.2) is 12.2 Å². The molecule has 1 heterocycles. The van der Waals surface area contributed by atoms with Crippen molar-refractivity contribution in [3.63, 3.8) is 0 Å². The van der Waals surface area contributed by atoms with Gasteiger partial charge < -0.3 is 9.84 Å². The number of cyclic esters (lactones) is 1. The monoisotopic (exact) mass is 222 g/mol. The first-order valence-corrected chi connectivity index (χ1v) is 6.29. The second kappa shape index (κ2) is 3.88. The zero-order chi connectivity index (χ0) is 11.1. The van der Waals surface area contributed by atoms with Crippen LogP contribution in [0.4, 0.5) is 0 Å². The molecule has 3 heteroatoms. The van der Waals surface area contributed by atoms with E-state index in [2.05, 4.69) is 12.2 Å². The van der Waals surface area contributed by atoms with E-state index in [4.69, 9.17) is 4.74 Å². The van der Waals surface area contributed by atoms with Crippen LogP contribution >= 0.6 is 0 Å². The van der Waals surface area contributed by atoms with Crippen molar-refractivity contribution in [2.24, 2.45) is 23.7 Å². The number of esters is 1. The maximum absolute atomic E-state index is 11.6. The SMILES string of the molecule is O=C1OCCCC1C(O)C1CC2C=CC1C2. The van der Waals surface area contributed by atoms with Gasteiger partial charge in [-0.15, -0.1) is 0 Å². The second-order valence-corrected chi connectivity index (χ2v) is 5.35. The van der Waals surface area contributed by atoms with Gasteiger partial charge in [0.05, 0.1) is 18.6 Å². The molecule has 5 unspecified atom stereocenters. The summed E-state index contributed by atoms with van der Waals surface area (Å²) in [7, 11) is 0. The molecule has 0 aromatic carbocycles. The smallest absolute Gasteiger partial charge is 0.311 e. The summed E-state index contributed by atoms with van der Waals surface area (Å²) in [5, 5.41) is 10.3. The highest BCUT2D eigenvalue weighted by Crippen LogP contribution is 2.46. The summed E-state index contributed by atoms with van der Waals surface area (Å²) < 4.78 is 5.03. The predicted molar refractivity (Wildman–Crippen MR) is 58.5 cm³/mol. The number of carbonyl (C=O) groups is 1. The Hall–Kier alpha value is -0.830. The summed E-state index contributed by atoms with van der Waals surface area (Å²) in [6, 6.07) is 0. The number of carbonyl (C=O) groups excluding carboxylic acids is 1. The van der Waals surface area contributed by atoms with Crippen LogP contribution in [-0.4, -0.2) is 23.8 Å². The van der Waals surface area contributed by atoms with Crippen molar-refractivity contribution < 1.29 is 14.6 Å². The standard InChI is InChI=1S/C13H18O3/c14-12(10-2-1-5-16-13(10)15)11-7-8-3-4-9(11)6-8/h3-4,8-12,14H,1-2,5-7H2. The first-order valence-electron chi connectivity index (χ1n) is 6.29.